The number of rotatable bonds is 12. The van der Waals surface area contributed by atoms with Gasteiger partial charge < -0.3 is 28.4 Å². The smallest absolute Gasteiger partial charge is 0.343 e. The Hall–Kier alpha value is -4.98. The van der Waals surface area contributed by atoms with E-state index >= 15 is 0 Å². The normalized spacial score (nSPS) is 10.4. The van der Waals surface area contributed by atoms with Crippen molar-refractivity contribution in [2.24, 2.45) is 0 Å². The number of carbonyl (C=O) groups excluding carboxylic acids is 2. The number of hydrogen-bond donors (Lipinski definition) is 0. The van der Waals surface area contributed by atoms with Crippen molar-refractivity contribution in [3.8, 4) is 34.5 Å². The van der Waals surface area contributed by atoms with Crippen molar-refractivity contribution >= 4 is 11.8 Å². The van der Waals surface area contributed by atoms with Gasteiger partial charge in [-0.2, -0.15) is 0 Å². The van der Waals surface area contributed by atoms with Crippen molar-refractivity contribution in [2.75, 3.05) is 28.4 Å². The predicted molar refractivity (Wildman–Crippen MR) is 149 cm³/mol. The first-order chi connectivity index (χ1) is 19.4. The van der Waals surface area contributed by atoms with Gasteiger partial charge in [-0.3, -0.25) is 4.79 Å². The minimum Gasteiger partial charge on any atom is -0.497 e. The molecule has 0 unspecified atom stereocenters. The van der Waals surface area contributed by atoms with Crippen LogP contribution in [0.5, 0.6) is 34.5 Å². The van der Waals surface area contributed by atoms with Gasteiger partial charge in [0.1, 0.15) is 18.1 Å². The molecule has 0 aliphatic heterocycles. The molecular weight excluding hydrogens is 512 g/mol. The second-order valence-corrected chi connectivity index (χ2v) is 8.68. The number of ketones is 1. The van der Waals surface area contributed by atoms with Gasteiger partial charge in [0.05, 0.1) is 39.6 Å². The van der Waals surface area contributed by atoms with Gasteiger partial charge in [-0.25, -0.2) is 4.79 Å². The Bertz CT molecular complexity index is 1460. The summed E-state index contributed by atoms with van der Waals surface area (Å²) >= 11 is 0. The molecule has 0 heterocycles. The number of benzene rings is 4. The van der Waals surface area contributed by atoms with E-state index in [1.165, 1.54) is 39.5 Å². The Morgan fingerprint density at radius 3 is 1.90 bits per heavy atom. The van der Waals surface area contributed by atoms with Crippen molar-refractivity contribution in [2.45, 2.75) is 13.0 Å². The summed E-state index contributed by atoms with van der Waals surface area (Å²) in [7, 11) is 5.99. The summed E-state index contributed by atoms with van der Waals surface area (Å²) in [5.74, 6) is 1.27. The van der Waals surface area contributed by atoms with Crippen molar-refractivity contribution in [3.05, 3.63) is 107 Å². The highest BCUT2D eigenvalue weighted by Gasteiger charge is 2.22. The van der Waals surface area contributed by atoms with Crippen molar-refractivity contribution in [1.29, 1.82) is 0 Å². The predicted octanol–water partition coefficient (Wildman–Crippen LogP) is 5.94. The van der Waals surface area contributed by atoms with Crippen LogP contribution in [0.2, 0.25) is 0 Å². The minimum atomic E-state index is -0.682. The van der Waals surface area contributed by atoms with Gasteiger partial charge in [0.25, 0.3) is 0 Å². The molecule has 0 spiro atoms. The number of hydrogen-bond acceptors (Lipinski definition) is 8. The lowest BCUT2D eigenvalue weighted by molar-refractivity contribution is 0.0731. The van der Waals surface area contributed by atoms with Crippen molar-refractivity contribution < 1.29 is 38.0 Å². The Kier molecular flexibility index (Phi) is 9.25. The van der Waals surface area contributed by atoms with E-state index in [1.807, 2.05) is 30.3 Å². The van der Waals surface area contributed by atoms with Crippen LogP contribution >= 0.6 is 0 Å². The fourth-order valence-electron chi connectivity index (χ4n) is 3.99. The van der Waals surface area contributed by atoms with Crippen molar-refractivity contribution in [3.63, 3.8) is 0 Å². The second-order valence-electron chi connectivity index (χ2n) is 8.68. The average Bonchev–Trinajstić information content (AvgIpc) is 3.00. The van der Waals surface area contributed by atoms with Crippen LogP contribution in [-0.2, 0) is 13.0 Å². The first-order valence-corrected chi connectivity index (χ1v) is 12.4. The molecular formula is C32H30O8. The fourth-order valence-corrected chi connectivity index (χ4v) is 3.99. The molecule has 8 heteroatoms. The summed E-state index contributed by atoms with van der Waals surface area (Å²) in [4.78, 5) is 26.6. The molecule has 206 valence electrons. The molecule has 0 saturated carbocycles. The molecule has 0 radical (unpaired) electrons. The first kappa shape index (κ1) is 28.0. The Labute approximate surface area is 233 Å². The molecule has 0 saturated heterocycles. The Balaban J connectivity index is 1.58. The number of methoxy groups -OCH3 is 4. The van der Waals surface area contributed by atoms with E-state index in [0.29, 0.717) is 35.4 Å². The molecule has 0 bridgehead atoms. The van der Waals surface area contributed by atoms with E-state index in [-0.39, 0.29) is 29.1 Å². The highest BCUT2D eigenvalue weighted by molar-refractivity contribution is 6.02. The number of Topliss-reactive ketones (excluding diaryl/α,β-unsaturated/α-hetero) is 1. The summed E-state index contributed by atoms with van der Waals surface area (Å²) in [6, 6.07) is 24.6. The summed E-state index contributed by atoms with van der Waals surface area (Å²) in [6.45, 7) is 0.340. The molecule has 0 fully saturated rings. The van der Waals surface area contributed by atoms with Crippen LogP contribution in [0.25, 0.3) is 0 Å². The average molecular weight is 543 g/mol. The van der Waals surface area contributed by atoms with Gasteiger partial charge in [0.2, 0.25) is 0 Å². The summed E-state index contributed by atoms with van der Waals surface area (Å²) < 4.78 is 33.0. The molecule has 8 nitrogen and oxygen atoms in total. The van der Waals surface area contributed by atoms with Crippen LogP contribution in [0.15, 0.2) is 84.9 Å². The molecule has 0 aromatic heterocycles. The largest absolute Gasteiger partial charge is 0.497 e. The molecule has 0 atom stereocenters. The highest BCUT2D eigenvalue weighted by atomic mass is 16.5. The lowest BCUT2D eigenvalue weighted by Crippen LogP contribution is -2.13. The van der Waals surface area contributed by atoms with Gasteiger partial charge in [0.15, 0.2) is 28.8 Å². The number of ether oxygens (including phenoxy) is 6. The van der Waals surface area contributed by atoms with E-state index in [2.05, 4.69) is 0 Å². The second kappa shape index (κ2) is 13.2. The van der Waals surface area contributed by atoms with Crippen LogP contribution in [0, 0.1) is 0 Å². The molecule has 0 N–H and O–H groups in total. The van der Waals surface area contributed by atoms with Crippen LogP contribution in [0.1, 0.15) is 31.8 Å². The molecule has 4 aromatic rings. The summed E-state index contributed by atoms with van der Waals surface area (Å²) in [6.07, 6.45) is 0.0747. The van der Waals surface area contributed by atoms with Crippen LogP contribution in [0.4, 0.5) is 0 Å². The maximum absolute atomic E-state index is 13.4. The molecule has 0 aliphatic carbocycles. The zero-order valence-corrected chi connectivity index (χ0v) is 22.8. The Morgan fingerprint density at radius 2 is 1.25 bits per heavy atom. The van der Waals surface area contributed by atoms with E-state index in [0.717, 1.165) is 11.1 Å². The Morgan fingerprint density at radius 1 is 0.600 bits per heavy atom. The third kappa shape index (κ3) is 6.71. The van der Waals surface area contributed by atoms with Gasteiger partial charge in [-0.1, -0.05) is 42.5 Å². The van der Waals surface area contributed by atoms with E-state index in [1.54, 1.807) is 43.5 Å². The van der Waals surface area contributed by atoms with E-state index in [4.69, 9.17) is 28.4 Å². The number of esters is 1. The summed E-state index contributed by atoms with van der Waals surface area (Å²) in [5.41, 5.74) is 2.16. The SMILES string of the molecule is COc1ccc(CC(=O)c2cc(OC)c(OC)cc2OC(=O)c2ccc(OCc3ccccc3)c(OC)c2)cc1. The zero-order chi connectivity index (χ0) is 28.5. The third-order valence-electron chi connectivity index (χ3n) is 6.15. The lowest BCUT2D eigenvalue weighted by Gasteiger charge is -2.15. The van der Waals surface area contributed by atoms with Crippen LogP contribution in [-0.4, -0.2) is 40.2 Å². The lowest BCUT2D eigenvalue weighted by atomic mass is 10.0. The van der Waals surface area contributed by atoms with Gasteiger partial charge in [-0.15, -0.1) is 0 Å². The maximum Gasteiger partial charge on any atom is 0.343 e. The quantitative estimate of drug-likeness (QED) is 0.123. The van der Waals surface area contributed by atoms with Crippen LogP contribution in [0.3, 0.4) is 0 Å². The van der Waals surface area contributed by atoms with Crippen LogP contribution < -0.4 is 28.4 Å². The van der Waals surface area contributed by atoms with Crippen molar-refractivity contribution in [1.82, 2.24) is 0 Å². The summed E-state index contributed by atoms with van der Waals surface area (Å²) in [5, 5.41) is 0. The first-order valence-electron chi connectivity index (χ1n) is 12.4. The molecule has 4 aromatic carbocycles. The maximum atomic E-state index is 13.4. The fraction of sp³-hybridized carbons (Fsp3) is 0.188. The standard InChI is InChI=1S/C32H30O8/c1-35-24-13-10-21(11-14-24)16-26(33)25-18-30(37-3)31(38-4)19-28(25)40-32(34)23-12-15-27(29(17-23)36-2)39-20-22-8-6-5-7-9-22/h5-15,17-19H,16,20H2,1-4H3. The molecule has 0 amide bonds. The third-order valence-corrected chi connectivity index (χ3v) is 6.15. The van der Waals surface area contributed by atoms with E-state index in [9.17, 15) is 9.59 Å². The molecule has 0 aliphatic rings. The van der Waals surface area contributed by atoms with Gasteiger partial charge in [0, 0.05) is 12.5 Å². The molecule has 4 rings (SSSR count). The number of carbonyl (C=O) groups is 2. The van der Waals surface area contributed by atoms with E-state index < -0.39 is 5.97 Å². The minimum absolute atomic E-state index is 0.0459. The monoisotopic (exact) mass is 542 g/mol. The van der Waals surface area contributed by atoms with Gasteiger partial charge >= 0.3 is 5.97 Å². The van der Waals surface area contributed by atoms with Gasteiger partial charge in [-0.05, 0) is 47.5 Å². The highest BCUT2D eigenvalue weighted by Crippen LogP contribution is 2.36. The zero-order valence-electron chi connectivity index (χ0n) is 22.8. The molecule has 40 heavy (non-hydrogen) atoms. The topological polar surface area (TPSA) is 89.5 Å².